The Bertz CT molecular complexity index is 139. The maximum absolute atomic E-state index is 10.1. The van der Waals surface area contributed by atoms with Gasteiger partial charge in [0.25, 0.3) is 0 Å². The van der Waals surface area contributed by atoms with Crippen LogP contribution < -0.4 is 10.6 Å². The number of carbonyl (C=O) groups is 1. The van der Waals surface area contributed by atoms with E-state index in [2.05, 4.69) is 24.5 Å². The highest BCUT2D eigenvalue weighted by Gasteiger charge is 1.99. The van der Waals surface area contributed by atoms with Crippen molar-refractivity contribution in [3.63, 3.8) is 0 Å². The lowest BCUT2D eigenvalue weighted by Gasteiger charge is -2.09. The smallest absolute Gasteiger partial charge is 0.136 e. The summed E-state index contributed by atoms with van der Waals surface area (Å²) in [7, 11) is 3.67. The van der Waals surface area contributed by atoms with E-state index in [1.807, 2.05) is 7.05 Å². The SMILES string of the molecule is CCCC(C=O)NC.CCCC(CO)NC. The third-order valence-corrected chi connectivity index (χ3v) is 2.40. The molecule has 0 rings (SSSR count). The summed E-state index contributed by atoms with van der Waals surface area (Å²) in [6, 6.07) is 0.375. The van der Waals surface area contributed by atoms with Crippen molar-refractivity contribution < 1.29 is 9.90 Å². The summed E-state index contributed by atoms with van der Waals surface area (Å²) in [6.45, 7) is 4.43. The van der Waals surface area contributed by atoms with Gasteiger partial charge >= 0.3 is 0 Å². The highest BCUT2D eigenvalue weighted by Crippen LogP contribution is 1.92. The predicted molar refractivity (Wildman–Crippen MR) is 68.7 cm³/mol. The molecule has 0 aliphatic carbocycles. The van der Waals surface area contributed by atoms with Crippen molar-refractivity contribution in [1.82, 2.24) is 10.6 Å². The molecule has 0 aromatic carbocycles. The number of aldehydes is 1. The molecule has 0 spiro atoms. The van der Waals surface area contributed by atoms with E-state index in [1.54, 1.807) is 7.05 Å². The van der Waals surface area contributed by atoms with E-state index < -0.39 is 0 Å². The molecule has 98 valence electrons. The van der Waals surface area contributed by atoms with Gasteiger partial charge < -0.3 is 20.5 Å². The first-order chi connectivity index (χ1) is 7.69. The Morgan fingerprint density at radius 2 is 1.69 bits per heavy atom. The molecule has 4 heteroatoms. The Labute approximate surface area is 99.8 Å². The molecule has 0 aliphatic heterocycles. The topological polar surface area (TPSA) is 61.4 Å². The second-order valence-corrected chi connectivity index (χ2v) is 3.78. The summed E-state index contributed by atoms with van der Waals surface area (Å²) in [5.41, 5.74) is 0. The summed E-state index contributed by atoms with van der Waals surface area (Å²) in [4.78, 5) is 10.1. The summed E-state index contributed by atoms with van der Waals surface area (Å²) < 4.78 is 0. The van der Waals surface area contributed by atoms with Crippen molar-refractivity contribution in [2.45, 2.75) is 51.6 Å². The molecule has 0 bridgehead atoms. The van der Waals surface area contributed by atoms with Crippen molar-refractivity contribution in [3.8, 4) is 0 Å². The van der Waals surface area contributed by atoms with Crippen LogP contribution in [-0.4, -0.2) is 44.2 Å². The number of nitrogens with one attached hydrogen (secondary N) is 2. The first-order valence-corrected chi connectivity index (χ1v) is 6.10. The number of aliphatic hydroxyl groups is 1. The zero-order valence-electron chi connectivity index (χ0n) is 11.1. The Morgan fingerprint density at radius 1 is 1.12 bits per heavy atom. The third-order valence-electron chi connectivity index (χ3n) is 2.40. The molecule has 16 heavy (non-hydrogen) atoms. The van der Waals surface area contributed by atoms with Gasteiger partial charge in [0, 0.05) is 6.04 Å². The number of likely N-dealkylation sites (N-methyl/N-ethyl adjacent to an activating group) is 2. The fourth-order valence-corrected chi connectivity index (χ4v) is 1.27. The number of hydrogen-bond donors (Lipinski definition) is 3. The van der Waals surface area contributed by atoms with E-state index in [1.165, 1.54) is 0 Å². The molecule has 2 unspecified atom stereocenters. The molecule has 0 fully saturated rings. The molecule has 0 amide bonds. The average molecular weight is 232 g/mol. The Balaban J connectivity index is 0. The van der Waals surface area contributed by atoms with Gasteiger partial charge in [-0.25, -0.2) is 0 Å². The summed E-state index contributed by atoms with van der Waals surface area (Å²) >= 11 is 0. The second-order valence-electron chi connectivity index (χ2n) is 3.78. The summed E-state index contributed by atoms with van der Waals surface area (Å²) in [5.74, 6) is 0. The van der Waals surface area contributed by atoms with Crippen LogP contribution in [0.15, 0.2) is 0 Å². The molecule has 0 aromatic heterocycles. The van der Waals surface area contributed by atoms with Crippen LogP contribution in [-0.2, 0) is 4.79 Å². The first kappa shape index (κ1) is 17.9. The standard InChI is InChI=1S/C6H15NO.C6H13NO/c2*1-3-4-6(5-8)7-2/h6-8H,3-5H2,1-2H3;5-7H,3-4H2,1-2H3. The maximum Gasteiger partial charge on any atom is 0.136 e. The van der Waals surface area contributed by atoms with Gasteiger partial charge in [-0.15, -0.1) is 0 Å². The van der Waals surface area contributed by atoms with Crippen LogP contribution in [0.5, 0.6) is 0 Å². The van der Waals surface area contributed by atoms with Crippen molar-refractivity contribution in [1.29, 1.82) is 0 Å². The van der Waals surface area contributed by atoms with Crippen LogP contribution in [0.2, 0.25) is 0 Å². The van der Waals surface area contributed by atoms with Gasteiger partial charge in [0.05, 0.1) is 12.6 Å². The van der Waals surface area contributed by atoms with Crippen molar-refractivity contribution >= 4 is 6.29 Å². The Morgan fingerprint density at radius 3 is 1.81 bits per heavy atom. The highest BCUT2D eigenvalue weighted by molar-refractivity contribution is 5.57. The van der Waals surface area contributed by atoms with Gasteiger partial charge in [0.15, 0.2) is 0 Å². The molecule has 0 radical (unpaired) electrons. The minimum absolute atomic E-state index is 0.0694. The molecular formula is C12H28N2O2. The van der Waals surface area contributed by atoms with Crippen LogP contribution in [0.25, 0.3) is 0 Å². The fourth-order valence-electron chi connectivity index (χ4n) is 1.27. The van der Waals surface area contributed by atoms with Gasteiger partial charge in [-0.3, -0.25) is 0 Å². The van der Waals surface area contributed by atoms with E-state index in [0.29, 0.717) is 6.04 Å². The number of rotatable bonds is 8. The number of aliphatic hydroxyl groups excluding tert-OH is 1. The van der Waals surface area contributed by atoms with Gasteiger partial charge in [0.2, 0.25) is 0 Å². The van der Waals surface area contributed by atoms with E-state index in [9.17, 15) is 4.79 Å². The molecule has 0 saturated carbocycles. The lowest BCUT2D eigenvalue weighted by Crippen LogP contribution is -2.28. The number of hydrogen-bond acceptors (Lipinski definition) is 4. The van der Waals surface area contributed by atoms with E-state index >= 15 is 0 Å². The second kappa shape index (κ2) is 14.6. The Kier molecular flexibility index (Phi) is 16.3. The van der Waals surface area contributed by atoms with Crippen molar-refractivity contribution in [2.75, 3.05) is 20.7 Å². The van der Waals surface area contributed by atoms with Crippen molar-refractivity contribution in [2.24, 2.45) is 0 Å². The van der Waals surface area contributed by atoms with Crippen molar-refractivity contribution in [3.05, 3.63) is 0 Å². The average Bonchev–Trinajstić information content (AvgIpc) is 2.33. The molecule has 4 nitrogen and oxygen atoms in total. The minimum Gasteiger partial charge on any atom is -0.395 e. The largest absolute Gasteiger partial charge is 0.395 e. The molecule has 0 heterocycles. The van der Waals surface area contributed by atoms with E-state index in [0.717, 1.165) is 32.0 Å². The molecule has 0 saturated heterocycles. The van der Waals surface area contributed by atoms with Crippen LogP contribution in [0.1, 0.15) is 39.5 Å². The molecule has 2 atom stereocenters. The Hall–Kier alpha value is -0.450. The maximum atomic E-state index is 10.1. The first-order valence-electron chi connectivity index (χ1n) is 6.10. The number of carbonyl (C=O) groups excluding carboxylic acids is 1. The normalized spacial score (nSPS) is 13.6. The lowest BCUT2D eigenvalue weighted by molar-refractivity contribution is -0.109. The molecule has 0 aromatic rings. The quantitative estimate of drug-likeness (QED) is 0.545. The zero-order valence-corrected chi connectivity index (χ0v) is 11.1. The van der Waals surface area contributed by atoms with Gasteiger partial charge in [-0.1, -0.05) is 26.7 Å². The van der Waals surface area contributed by atoms with Gasteiger partial charge in [-0.2, -0.15) is 0 Å². The lowest BCUT2D eigenvalue weighted by atomic mass is 10.2. The molecule has 0 aliphatic rings. The predicted octanol–water partition coefficient (Wildman–Crippen LogP) is 0.940. The summed E-state index contributed by atoms with van der Waals surface area (Å²) in [5, 5.41) is 14.5. The van der Waals surface area contributed by atoms with Crippen LogP contribution in [0.3, 0.4) is 0 Å². The van der Waals surface area contributed by atoms with Gasteiger partial charge in [0.1, 0.15) is 6.29 Å². The zero-order chi connectivity index (χ0) is 12.8. The van der Waals surface area contributed by atoms with E-state index in [-0.39, 0.29) is 12.6 Å². The fraction of sp³-hybridized carbons (Fsp3) is 0.917. The third kappa shape index (κ3) is 11.6. The van der Waals surface area contributed by atoms with Crippen LogP contribution in [0.4, 0.5) is 0 Å². The molecular weight excluding hydrogens is 204 g/mol. The highest BCUT2D eigenvalue weighted by atomic mass is 16.3. The van der Waals surface area contributed by atoms with Crippen LogP contribution >= 0.6 is 0 Å². The molecule has 3 N–H and O–H groups in total. The van der Waals surface area contributed by atoms with Gasteiger partial charge in [-0.05, 0) is 26.9 Å². The van der Waals surface area contributed by atoms with E-state index in [4.69, 9.17) is 5.11 Å². The van der Waals surface area contributed by atoms with Crippen LogP contribution in [0, 0.1) is 0 Å². The summed E-state index contributed by atoms with van der Waals surface area (Å²) in [6.07, 6.45) is 5.15. The monoisotopic (exact) mass is 232 g/mol. The minimum atomic E-state index is 0.0694.